The highest BCUT2D eigenvalue weighted by molar-refractivity contribution is 5.90. The Kier molecular flexibility index (Phi) is 10.6. The minimum atomic E-state index is -4.61. The predicted octanol–water partition coefficient (Wildman–Crippen LogP) is 7.01. The largest absolute Gasteiger partial charge is 0.497 e. The van der Waals surface area contributed by atoms with Crippen LogP contribution in [0.3, 0.4) is 0 Å². The summed E-state index contributed by atoms with van der Waals surface area (Å²) in [5, 5.41) is 0. The molecule has 3 fully saturated rings. The number of alkyl halides is 4. The van der Waals surface area contributed by atoms with Crippen molar-refractivity contribution in [1.29, 1.82) is 0 Å². The third-order valence-electron chi connectivity index (χ3n) is 10.7. The highest BCUT2D eigenvalue weighted by Crippen LogP contribution is 2.47. The molecule has 51 heavy (non-hydrogen) atoms. The number of ether oxygens (including phenoxy) is 2. The van der Waals surface area contributed by atoms with Crippen molar-refractivity contribution in [3.8, 4) is 5.75 Å². The van der Waals surface area contributed by atoms with Gasteiger partial charge in [-0.15, -0.1) is 0 Å². The number of halogens is 4. The summed E-state index contributed by atoms with van der Waals surface area (Å²) in [6.07, 6.45) is -3.84. The summed E-state index contributed by atoms with van der Waals surface area (Å²) in [7, 11) is 1.54. The lowest BCUT2D eigenvalue weighted by Gasteiger charge is -2.36. The molecule has 8 nitrogen and oxygen atoms in total. The number of carbonyl (C=O) groups excluding carboxylic acids is 3. The molecule has 0 N–H and O–H groups in total. The maximum absolute atomic E-state index is 17.6. The van der Waals surface area contributed by atoms with E-state index in [-0.39, 0.29) is 31.4 Å². The van der Waals surface area contributed by atoms with Gasteiger partial charge in [0.15, 0.2) is 0 Å². The van der Waals surface area contributed by atoms with Crippen molar-refractivity contribution < 1.29 is 41.4 Å². The van der Waals surface area contributed by atoms with Crippen molar-refractivity contribution in [2.45, 2.75) is 96.1 Å². The van der Waals surface area contributed by atoms with E-state index in [9.17, 15) is 27.6 Å². The molecule has 0 saturated carbocycles. The van der Waals surface area contributed by atoms with Gasteiger partial charge >= 0.3 is 12.1 Å². The Morgan fingerprint density at radius 2 is 1.51 bits per heavy atom. The van der Waals surface area contributed by atoms with Crippen LogP contribution in [0.5, 0.6) is 5.75 Å². The van der Waals surface area contributed by atoms with Gasteiger partial charge in [-0.2, -0.15) is 13.2 Å². The zero-order chi connectivity index (χ0) is 37.7. The average molecular weight is 718 g/mol. The molecule has 12 heteroatoms. The van der Waals surface area contributed by atoms with Gasteiger partial charge in [-0.1, -0.05) is 18.2 Å². The molecular formula is C39H51F4N3O5. The lowest BCUT2D eigenvalue weighted by molar-refractivity contribution is -0.160. The van der Waals surface area contributed by atoms with Crippen LogP contribution in [0.4, 0.5) is 23.2 Å². The van der Waals surface area contributed by atoms with E-state index >= 15 is 4.39 Å². The van der Waals surface area contributed by atoms with Gasteiger partial charge in [0, 0.05) is 68.2 Å². The van der Waals surface area contributed by atoms with Crippen molar-refractivity contribution >= 4 is 23.3 Å². The normalized spacial score (nSPS) is 25.3. The number of rotatable bonds is 7. The minimum Gasteiger partial charge on any atom is -0.497 e. The molecule has 280 valence electrons. The number of ketones is 1. The molecule has 2 aromatic rings. The molecule has 2 aromatic carbocycles. The van der Waals surface area contributed by atoms with Crippen molar-refractivity contribution in [1.82, 2.24) is 9.80 Å². The Morgan fingerprint density at radius 1 is 0.882 bits per heavy atom. The van der Waals surface area contributed by atoms with E-state index < -0.39 is 58.1 Å². The van der Waals surface area contributed by atoms with Gasteiger partial charge in [0.25, 0.3) is 5.91 Å². The maximum atomic E-state index is 17.6. The summed E-state index contributed by atoms with van der Waals surface area (Å²) in [4.78, 5) is 45.6. The van der Waals surface area contributed by atoms with Crippen LogP contribution in [0, 0.1) is 11.8 Å². The van der Waals surface area contributed by atoms with Gasteiger partial charge in [0.2, 0.25) is 5.67 Å². The fourth-order valence-electron chi connectivity index (χ4n) is 7.76. The van der Waals surface area contributed by atoms with Crippen molar-refractivity contribution in [2.24, 2.45) is 11.8 Å². The first kappa shape index (κ1) is 38.6. The first-order valence-corrected chi connectivity index (χ1v) is 17.7. The standard InChI is InChI=1S/C39H51F4N3O5/c1-24(47)30-20-45(35(49)38(40)23-46(36(2,3)4)22-32(38)25-9-12-28(50-8)13-10-25)21-31(30)29-14-11-27(39(41,42)43)19-33(29)44-17-15-26(16-18-44)34(48)51-37(5,6)7/h9-14,19,26,30-32H,15-18,20-23H2,1-8H3/t30-,31-,32+,38+/m1/s1. The molecule has 4 atom stereocenters. The Bertz CT molecular complexity index is 1610. The quantitative estimate of drug-likeness (QED) is 0.225. The van der Waals surface area contributed by atoms with E-state index in [1.54, 1.807) is 45.0 Å². The Balaban J connectivity index is 1.46. The smallest absolute Gasteiger partial charge is 0.416 e. The number of nitrogens with zero attached hydrogens (tertiary/aromatic N) is 3. The summed E-state index contributed by atoms with van der Waals surface area (Å²) in [6.45, 7) is 13.4. The van der Waals surface area contributed by atoms with Crippen LogP contribution in [-0.2, 0) is 25.3 Å². The van der Waals surface area contributed by atoms with Gasteiger partial charge < -0.3 is 19.3 Å². The van der Waals surface area contributed by atoms with Crippen LogP contribution in [0.25, 0.3) is 0 Å². The van der Waals surface area contributed by atoms with E-state index in [0.717, 1.165) is 12.1 Å². The number of Topliss-reactive ketones (excluding diaryl/α,β-unsaturated/α-hetero) is 1. The van der Waals surface area contributed by atoms with Crippen molar-refractivity contribution in [2.75, 3.05) is 51.3 Å². The van der Waals surface area contributed by atoms with E-state index in [0.29, 0.717) is 55.0 Å². The lowest BCUT2D eigenvalue weighted by atomic mass is 9.84. The zero-order valence-corrected chi connectivity index (χ0v) is 30.9. The number of methoxy groups -OCH3 is 1. The van der Waals surface area contributed by atoms with E-state index in [1.807, 2.05) is 30.6 Å². The number of benzene rings is 2. The van der Waals surface area contributed by atoms with Crippen LogP contribution in [0.2, 0.25) is 0 Å². The summed E-state index contributed by atoms with van der Waals surface area (Å²) in [6, 6.07) is 10.5. The first-order chi connectivity index (χ1) is 23.6. The van der Waals surface area contributed by atoms with Gasteiger partial charge in [-0.3, -0.25) is 19.3 Å². The van der Waals surface area contributed by atoms with Crippen LogP contribution in [-0.4, -0.2) is 90.6 Å². The SMILES string of the molecule is COc1ccc([C@@H]2CN(C(C)(C)C)C[C@@]2(F)C(=O)N2C[C@H](C(C)=O)[C@@H](c3ccc(C(F)(F)F)cc3N3CCC(C(=O)OC(C)(C)C)CC3)C2)cc1. The van der Waals surface area contributed by atoms with Crippen molar-refractivity contribution in [3.63, 3.8) is 0 Å². The zero-order valence-electron chi connectivity index (χ0n) is 30.9. The second-order valence-corrected chi connectivity index (χ2v) is 16.3. The fraction of sp³-hybridized carbons (Fsp3) is 0.615. The number of likely N-dealkylation sites (tertiary alicyclic amines) is 2. The summed E-state index contributed by atoms with van der Waals surface area (Å²) in [5.74, 6) is -3.27. The number of anilines is 1. The molecule has 3 aliphatic heterocycles. The molecule has 0 bridgehead atoms. The molecule has 0 spiro atoms. The highest BCUT2D eigenvalue weighted by atomic mass is 19.4. The van der Waals surface area contributed by atoms with E-state index in [1.165, 1.54) is 25.0 Å². The van der Waals surface area contributed by atoms with Crippen LogP contribution < -0.4 is 9.64 Å². The summed E-state index contributed by atoms with van der Waals surface area (Å²) in [5.41, 5.74) is -2.78. The molecule has 3 heterocycles. The topological polar surface area (TPSA) is 79.4 Å². The van der Waals surface area contributed by atoms with Gasteiger partial charge in [0.05, 0.1) is 18.6 Å². The molecule has 0 aromatic heterocycles. The van der Waals surface area contributed by atoms with Crippen LogP contribution >= 0.6 is 0 Å². The minimum absolute atomic E-state index is 0.0215. The lowest BCUT2D eigenvalue weighted by Crippen LogP contribution is -2.51. The number of amides is 1. The molecular weight excluding hydrogens is 666 g/mol. The maximum Gasteiger partial charge on any atom is 0.416 e. The Labute approximate surface area is 298 Å². The highest BCUT2D eigenvalue weighted by Gasteiger charge is 2.58. The van der Waals surface area contributed by atoms with Crippen molar-refractivity contribution in [3.05, 3.63) is 59.2 Å². The summed E-state index contributed by atoms with van der Waals surface area (Å²) < 4.78 is 70.6. The molecule has 0 unspecified atom stereocenters. The van der Waals surface area contributed by atoms with Crippen LogP contribution in [0.15, 0.2) is 42.5 Å². The number of hydrogen-bond acceptors (Lipinski definition) is 7. The summed E-state index contributed by atoms with van der Waals surface area (Å²) >= 11 is 0. The second-order valence-electron chi connectivity index (χ2n) is 16.3. The predicted molar refractivity (Wildman–Crippen MR) is 187 cm³/mol. The molecule has 0 aliphatic carbocycles. The van der Waals surface area contributed by atoms with Gasteiger partial charge in [-0.05, 0) is 96.7 Å². The van der Waals surface area contributed by atoms with Gasteiger partial charge in [0.1, 0.15) is 17.1 Å². The third kappa shape index (κ3) is 8.21. The fourth-order valence-corrected chi connectivity index (χ4v) is 7.76. The molecule has 1 amide bonds. The number of esters is 1. The number of hydrogen-bond donors (Lipinski definition) is 0. The van der Waals surface area contributed by atoms with E-state index in [2.05, 4.69) is 0 Å². The number of carbonyl (C=O) groups is 3. The van der Waals surface area contributed by atoms with Crippen LogP contribution in [0.1, 0.15) is 89.8 Å². The Morgan fingerprint density at radius 3 is 2.04 bits per heavy atom. The average Bonchev–Trinajstić information content (AvgIpc) is 3.66. The second kappa shape index (κ2) is 14.0. The van der Waals surface area contributed by atoms with E-state index in [4.69, 9.17) is 9.47 Å². The van der Waals surface area contributed by atoms with Gasteiger partial charge in [-0.25, -0.2) is 4.39 Å². The first-order valence-electron chi connectivity index (χ1n) is 17.7. The third-order valence-corrected chi connectivity index (χ3v) is 10.7. The monoisotopic (exact) mass is 717 g/mol. The molecule has 0 radical (unpaired) electrons. The molecule has 3 aliphatic rings. The molecule has 5 rings (SSSR count). The Hall–Kier alpha value is -3.67. The number of piperidine rings is 1. The molecule has 3 saturated heterocycles.